The molecule has 0 bridgehead atoms. The van der Waals surface area contributed by atoms with Gasteiger partial charge in [-0.1, -0.05) is 48.5 Å². The number of amides is 1. The van der Waals surface area contributed by atoms with Crippen molar-refractivity contribution in [1.82, 2.24) is 15.1 Å². The highest BCUT2D eigenvalue weighted by Crippen LogP contribution is 2.30. The molecule has 3 aromatic carbocycles. The third-order valence-electron chi connectivity index (χ3n) is 6.40. The molecule has 0 aliphatic carbocycles. The van der Waals surface area contributed by atoms with Crippen LogP contribution in [0, 0.1) is 11.6 Å². The first-order valence-electron chi connectivity index (χ1n) is 11.8. The van der Waals surface area contributed by atoms with Crippen LogP contribution in [-0.2, 0) is 22.7 Å². The number of piperazine rings is 1. The molecule has 1 amide bonds. The molecule has 184 valence electrons. The fourth-order valence-corrected chi connectivity index (χ4v) is 4.56. The third-order valence-corrected chi connectivity index (χ3v) is 6.40. The van der Waals surface area contributed by atoms with Gasteiger partial charge >= 0.3 is 0 Å². The van der Waals surface area contributed by atoms with Gasteiger partial charge in [0.1, 0.15) is 11.6 Å². The lowest BCUT2D eigenvalue weighted by Crippen LogP contribution is -2.50. The fraction of sp³-hybridized carbons (Fsp3) is 0.321. The molecule has 0 atom stereocenters. The van der Waals surface area contributed by atoms with Crippen LogP contribution in [-0.4, -0.2) is 55.5 Å². The summed E-state index contributed by atoms with van der Waals surface area (Å²) in [6.07, 6.45) is 0. The highest BCUT2D eigenvalue weighted by Gasteiger charge is 2.27. The van der Waals surface area contributed by atoms with Crippen molar-refractivity contribution in [3.63, 3.8) is 0 Å². The minimum absolute atomic E-state index is 0.0145. The van der Waals surface area contributed by atoms with Gasteiger partial charge in [-0.2, -0.15) is 0 Å². The Hall–Kier alpha value is -3.13. The van der Waals surface area contributed by atoms with E-state index in [4.69, 9.17) is 4.74 Å². The fourth-order valence-electron chi connectivity index (χ4n) is 4.56. The van der Waals surface area contributed by atoms with E-state index in [1.165, 1.54) is 24.3 Å². The summed E-state index contributed by atoms with van der Waals surface area (Å²) in [5.41, 5.74) is 4.03. The summed E-state index contributed by atoms with van der Waals surface area (Å²) in [7, 11) is 1.66. The van der Waals surface area contributed by atoms with E-state index in [-0.39, 0.29) is 23.6 Å². The van der Waals surface area contributed by atoms with Crippen LogP contribution in [0.1, 0.15) is 28.3 Å². The molecule has 0 aromatic heterocycles. The minimum Gasteiger partial charge on any atom is -0.380 e. The summed E-state index contributed by atoms with van der Waals surface area (Å²) in [4.78, 5) is 17.0. The minimum atomic E-state index is -0.285. The predicted molar refractivity (Wildman–Crippen MR) is 132 cm³/mol. The second kappa shape index (κ2) is 12.0. The van der Waals surface area contributed by atoms with Gasteiger partial charge in [-0.25, -0.2) is 8.78 Å². The van der Waals surface area contributed by atoms with Crippen molar-refractivity contribution < 1.29 is 18.3 Å². The molecule has 1 aliphatic heterocycles. The van der Waals surface area contributed by atoms with Crippen molar-refractivity contribution in [2.24, 2.45) is 0 Å². The van der Waals surface area contributed by atoms with Gasteiger partial charge in [0.15, 0.2) is 0 Å². The zero-order valence-corrected chi connectivity index (χ0v) is 19.9. The van der Waals surface area contributed by atoms with Crippen LogP contribution in [0.15, 0.2) is 72.8 Å². The number of carbonyl (C=O) groups excluding carboxylic acids is 1. The average Bonchev–Trinajstić information content (AvgIpc) is 2.87. The van der Waals surface area contributed by atoms with Crippen molar-refractivity contribution in [2.45, 2.75) is 19.2 Å². The first-order chi connectivity index (χ1) is 17.0. The monoisotopic (exact) mass is 479 g/mol. The molecule has 0 unspecified atom stereocenters. The van der Waals surface area contributed by atoms with Crippen LogP contribution >= 0.6 is 0 Å². The first-order valence-corrected chi connectivity index (χ1v) is 11.8. The Labute approximate surface area is 205 Å². The maximum absolute atomic E-state index is 13.5. The summed E-state index contributed by atoms with van der Waals surface area (Å²) in [5, 5.41) is 3.02. The Morgan fingerprint density at radius 3 is 1.94 bits per heavy atom. The highest BCUT2D eigenvalue weighted by atomic mass is 19.1. The van der Waals surface area contributed by atoms with Crippen LogP contribution in [0.5, 0.6) is 0 Å². The van der Waals surface area contributed by atoms with E-state index in [0.717, 1.165) is 48.4 Å². The smallest absolute Gasteiger partial charge is 0.234 e. The third kappa shape index (κ3) is 6.72. The van der Waals surface area contributed by atoms with Gasteiger partial charge in [0.2, 0.25) is 5.91 Å². The maximum atomic E-state index is 13.5. The molecule has 4 rings (SSSR count). The topological polar surface area (TPSA) is 44.8 Å². The molecule has 0 saturated carbocycles. The predicted octanol–water partition coefficient (Wildman–Crippen LogP) is 4.13. The lowest BCUT2D eigenvalue weighted by molar-refractivity contribution is -0.122. The van der Waals surface area contributed by atoms with Crippen molar-refractivity contribution in [2.75, 3.05) is 39.8 Å². The van der Waals surface area contributed by atoms with E-state index in [1.54, 1.807) is 31.4 Å². The molecule has 1 N–H and O–H groups in total. The summed E-state index contributed by atoms with van der Waals surface area (Å²) >= 11 is 0. The standard InChI is InChI=1S/C28H31F2N3O2/c1-35-20-24-5-3-2-4-23(24)18-31-27(34)19-32-14-16-33(17-15-32)28(21-6-10-25(29)11-7-21)22-8-12-26(30)13-9-22/h2-13,28H,14-20H2,1H3,(H,31,34). The van der Waals surface area contributed by atoms with E-state index in [1.807, 2.05) is 24.3 Å². The Morgan fingerprint density at radius 2 is 1.40 bits per heavy atom. The summed E-state index contributed by atoms with van der Waals surface area (Å²) < 4.78 is 32.3. The first kappa shape index (κ1) is 25.0. The molecule has 1 fully saturated rings. The van der Waals surface area contributed by atoms with Crippen LogP contribution in [0.2, 0.25) is 0 Å². The second-order valence-electron chi connectivity index (χ2n) is 8.80. The van der Waals surface area contributed by atoms with Crippen molar-refractivity contribution >= 4 is 5.91 Å². The van der Waals surface area contributed by atoms with Crippen LogP contribution < -0.4 is 5.32 Å². The van der Waals surface area contributed by atoms with Gasteiger partial charge < -0.3 is 10.1 Å². The molecule has 35 heavy (non-hydrogen) atoms. The molecule has 3 aromatic rings. The Kier molecular flexibility index (Phi) is 8.58. The number of ether oxygens (including phenoxy) is 1. The van der Waals surface area contributed by atoms with Gasteiger partial charge in [-0.15, -0.1) is 0 Å². The lowest BCUT2D eigenvalue weighted by atomic mass is 9.96. The number of carbonyl (C=O) groups is 1. The van der Waals surface area contributed by atoms with E-state index in [9.17, 15) is 13.6 Å². The van der Waals surface area contributed by atoms with Crippen LogP contribution in [0.4, 0.5) is 8.78 Å². The van der Waals surface area contributed by atoms with Gasteiger partial charge in [-0.05, 0) is 46.5 Å². The summed E-state index contributed by atoms with van der Waals surface area (Å²) in [5.74, 6) is -0.584. The molecule has 7 heteroatoms. The molecule has 0 radical (unpaired) electrons. The normalized spacial score (nSPS) is 14.9. The van der Waals surface area contributed by atoms with Crippen molar-refractivity contribution in [1.29, 1.82) is 0 Å². The zero-order chi connectivity index (χ0) is 24.6. The number of halogens is 2. The molecule has 1 saturated heterocycles. The maximum Gasteiger partial charge on any atom is 0.234 e. The van der Waals surface area contributed by atoms with Crippen molar-refractivity contribution in [3.8, 4) is 0 Å². The number of benzene rings is 3. The molecule has 1 aliphatic rings. The number of rotatable bonds is 9. The summed E-state index contributed by atoms with van der Waals surface area (Å²) in [6.45, 7) is 4.25. The zero-order valence-electron chi connectivity index (χ0n) is 19.9. The van der Waals surface area contributed by atoms with E-state index in [2.05, 4.69) is 15.1 Å². The van der Waals surface area contributed by atoms with Gasteiger partial charge in [0.25, 0.3) is 0 Å². The van der Waals surface area contributed by atoms with E-state index >= 15 is 0 Å². The van der Waals surface area contributed by atoms with Crippen LogP contribution in [0.25, 0.3) is 0 Å². The quantitative estimate of drug-likeness (QED) is 0.501. The Balaban J connectivity index is 1.35. The van der Waals surface area contributed by atoms with Crippen molar-refractivity contribution in [3.05, 3.63) is 107 Å². The number of hydrogen-bond acceptors (Lipinski definition) is 4. The molecular formula is C28H31F2N3O2. The number of nitrogens with one attached hydrogen (secondary N) is 1. The lowest BCUT2D eigenvalue weighted by Gasteiger charge is -2.39. The largest absolute Gasteiger partial charge is 0.380 e. The number of hydrogen-bond donors (Lipinski definition) is 1. The SMILES string of the molecule is COCc1ccccc1CNC(=O)CN1CCN(C(c2ccc(F)cc2)c2ccc(F)cc2)CC1. The van der Waals surface area contributed by atoms with E-state index in [0.29, 0.717) is 19.7 Å². The van der Waals surface area contributed by atoms with Gasteiger partial charge in [0, 0.05) is 39.8 Å². The van der Waals surface area contributed by atoms with Crippen LogP contribution in [0.3, 0.4) is 0 Å². The molecule has 0 spiro atoms. The Morgan fingerprint density at radius 1 is 0.857 bits per heavy atom. The number of nitrogens with zero attached hydrogens (tertiary/aromatic N) is 2. The Bertz CT molecular complexity index is 1050. The second-order valence-corrected chi connectivity index (χ2v) is 8.80. The van der Waals surface area contributed by atoms with Gasteiger partial charge in [-0.3, -0.25) is 14.6 Å². The van der Waals surface area contributed by atoms with E-state index < -0.39 is 0 Å². The molecule has 1 heterocycles. The number of methoxy groups -OCH3 is 1. The summed E-state index contributed by atoms with van der Waals surface area (Å²) in [6, 6.07) is 20.8. The highest BCUT2D eigenvalue weighted by molar-refractivity contribution is 5.78. The average molecular weight is 480 g/mol. The van der Waals surface area contributed by atoms with Gasteiger partial charge in [0.05, 0.1) is 19.2 Å². The molecular weight excluding hydrogens is 448 g/mol. The molecule has 5 nitrogen and oxygen atoms in total.